The lowest BCUT2D eigenvalue weighted by atomic mass is 9.77. The predicted octanol–water partition coefficient (Wildman–Crippen LogP) is 2.34. The Morgan fingerprint density at radius 3 is 2.70 bits per heavy atom. The Bertz CT molecular complexity index is 395. The monoisotopic (exact) mass is 298 g/mol. The van der Waals surface area contributed by atoms with Gasteiger partial charge < -0.3 is 14.8 Å². The maximum Gasteiger partial charge on any atom is 0.0936 e. The fourth-order valence-electron chi connectivity index (χ4n) is 2.68. The average Bonchev–Trinajstić information content (AvgIpc) is 2.74. The number of nitrogens with zero attached hydrogens (tertiary/aromatic N) is 1. The van der Waals surface area contributed by atoms with Crippen LogP contribution in [0.1, 0.15) is 28.4 Å². The molecule has 0 radical (unpaired) electrons. The Morgan fingerprint density at radius 1 is 1.35 bits per heavy atom. The van der Waals surface area contributed by atoms with Crippen LogP contribution in [0, 0.1) is 19.3 Å². The zero-order valence-electron chi connectivity index (χ0n) is 12.8. The minimum atomic E-state index is 0.294. The van der Waals surface area contributed by atoms with Gasteiger partial charge in [-0.05, 0) is 32.1 Å². The highest BCUT2D eigenvalue weighted by Gasteiger charge is 2.33. The Balaban J connectivity index is 1.98. The van der Waals surface area contributed by atoms with Crippen LogP contribution in [0.4, 0.5) is 0 Å². The Kier molecular flexibility index (Phi) is 5.96. The van der Waals surface area contributed by atoms with Gasteiger partial charge in [0, 0.05) is 44.7 Å². The maximum atomic E-state index is 5.55. The molecule has 1 aromatic heterocycles. The first-order valence-corrected chi connectivity index (χ1v) is 8.17. The van der Waals surface area contributed by atoms with E-state index in [4.69, 9.17) is 14.5 Å². The molecule has 114 valence electrons. The summed E-state index contributed by atoms with van der Waals surface area (Å²) in [6.45, 7) is 8.70. The van der Waals surface area contributed by atoms with Crippen molar-refractivity contribution in [3.05, 3.63) is 15.6 Å². The molecular weight excluding hydrogens is 272 g/mol. The van der Waals surface area contributed by atoms with Crippen LogP contribution in [0.3, 0.4) is 0 Å². The summed E-state index contributed by atoms with van der Waals surface area (Å²) in [6, 6.07) is 0. The second-order valence-corrected chi connectivity index (χ2v) is 7.00. The molecule has 0 amide bonds. The van der Waals surface area contributed by atoms with Gasteiger partial charge in [0.2, 0.25) is 0 Å². The Labute approximate surface area is 125 Å². The van der Waals surface area contributed by atoms with Crippen LogP contribution in [-0.2, 0) is 15.9 Å². The maximum absolute atomic E-state index is 5.55. The molecule has 1 aliphatic rings. The van der Waals surface area contributed by atoms with E-state index in [2.05, 4.69) is 19.2 Å². The van der Waals surface area contributed by atoms with E-state index in [-0.39, 0.29) is 0 Å². The molecule has 2 rings (SSSR count). The van der Waals surface area contributed by atoms with Crippen molar-refractivity contribution in [3.63, 3.8) is 0 Å². The lowest BCUT2D eigenvalue weighted by Gasteiger charge is -2.37. The Morgan fingerprint density at radius 2 is 2.10 bits per heavy atom. The number of nitrogens with one attached hydrogen (secondary N) is 1. The van der Waals surface area contributed by atoms with Crippen molar-refractivity contribution in [2.24, 2.45) is 5.41 Å². The topological polar surface area (TPSA) is 43.4 Å². The fourth-order valence-corrected chi connectivity index (χ4v) is 3.79. The summed E-state index contributed by atoms with van der Waals surface area (Å²) in [6.07, 6.45) is 3.30. The third-order valence-corrected chi connectivity index (χ3v) is 5.21. The molecule has 2 heterocycles. The SMILES string of the molecule is COCCNCC1(Cc2nc(C)c(C)s2)CCOCC1. The van der Waals surface area contributed by atoms with Crippen molar-refractivity contribution in [1.29, 1.82) is 0 Å². The van der Waals surface area contributed by atoms with Gasteiger partial charge in [0.05, 0.1) is 17.3 Å². The summed E-state index contributed by atoms with van der Waals surface area (Å²) in [5.74, 6) is 0. The van der Waals surface area contributed by atoms with Gasteiger partial charge in [0.25, 0.3) is 0 Å². The number of ether oxygens (including phenoxy) is 2. The first-order chi connectivity index (χ1) is 9.65. The standard InChI is InChI=1S/C15H26N2O2S/c1-12-13(2)20-14(17-12)10-15(4-7-19-8-5-15)11-16-6-9-18-3/h16H,4-11H2,1-3H3. The van der Waals surface area contributed by atoms with Crippen LogP contribution in [0.5, 0.6) is 0 Å². The van der Waals surface area contributed by atoms with Crippen LogP contribution in [0.2, 0.25) is 0 Å². The summed E-state index contributed by atoms with van der Waals surface area (Å²) in [5.41, 5.74) is 1.47. The Hall–Kier alpha value is -0.490. The van der Waals surface area contributed by atoms with Crippen LogP contribution < -0.4 is 5.32 Å². The third-order valence-electron chi connectivity index (χ3n) is 4.14. The smallest absolute Gasteiger partial charge is 0.0936 e. The minimum absolute atomic E-state index is 0.294. The number of rotatable bonds is 7. The minimum Gasteiger partial charge on any atom is -0.383 e. The molecule has 1 N–H and O–H groups in total. The number of hydrogen-bond acceptors (Lipinski definition) is 5. The van der Waals surface area contributed by atoms with Gasteiger partial charge in [0.1, 0.15) is 0 Å². The van der Waals surface area contributed by atoms with Gasteiger partial charge in [-0.2, -0.15) is 0 Å². The van der Waals surface area contributed by atoms with E-state index in [1.165, 1.54) is 15.6 Å². The van der Waals surface area contributed by atoms with E-state index in [0.717, 1.165) is 52.2 Å². The molecule has 20 heavy (non-hydrogen) atoms. The molecule has 1 aromatic rings. The molecule has 1 fully saturated rings. The van der Waals surface area contributed by atoms with Crippen LogP contribution in [0.15, 0.2) is 0 Å². The predicted molar refractivity (Wildman–Crippen MR) is 82.5 cm³/mol. The molecule has 4 nitrogen and oxygen atoms in total. The molecule has 1 aliphatic heterocycles. The lowest BCUT2D eigenvalue weighted by molar-refractivity contribution is 0.0143. The highest BCUT2D eigenvalue weighted by molar-refractivity contribution is 7.11. The summed E-state index contributed by atoms with van der Waals surface area (Å²) in [7, 11) is 1.74. The van der Waals surface area contributed by atoms with Crippen molar-refractivity contribution in [3.8, 4) is 0 Å². The van der Waals surface area contributed by atoms with E-state index in [0.29, 0.717) is 5.41 Å². The summed E-state index contributed by atoms with van der Waals surface area (Å²) < 4.78 is 10.7. The molecule has 0 spiro atoms. The van der Waals surface area contributed by atoms with Crippen LogP contribution >= 0.6 is 11.3 Å². The van der Waals surface area contributed by atoms with Crippen molar-refractivity contribution < 1.29 is 9.47 Å². The zero-order chi connectivity index (χ0) is 14.4. The van der Waals surface area contributed by atoms with Gasteiger partial charge in [-0.1, -0.05) is 0 Å². The molecule has 0 aromatic carbocycles. The number of methoxy groups -OCH3 is 1. The van der Waals surface area contributed by atoms with Gasteiger partial charge >= 0.3 is 0 Å². The van der Waals surface area contributed by atoms with Crippen molar-refractivity contribution in [1.82, 2.24) is 10.3 Å². The zero-order valence-corrected chi connectivity index (χ0v) is 13.6. The van der Waals surface area contributed by atoms with Gasteiger partial charge in [0.15, 0.2) is 0 Å². The summed E-state index contributed by atoms with van der Waals surface area (Å²) >= 11 is 1.85. The molecular formula is C15H26N2O2S. The first-order valence-electron chi connectivity index (χ1n) is 7.35. The molecule has 0 aliphatic carbocycles. The molecule has 0 atom stereocenters. The summed E-state index contributed by atoms with van der Waals surface area (Å²) in [5, 5.41) is 4.81. The number of aryl methyl sites for hydroxylation is 2. The molecule has 0 unspecified atom stereocenters. The van der Waals surface area contributed by atoms with Gasteiger partial charge in [-0.3, -0.25) is 0 Å². The van der Waals surface area contributed by atoms with E-state index in [1.54, 1.807) is 7.11 Å². The molecule has 0 bridgehead atoms. The average molecular weight is 298 g/mol. The van der Waals surface area contributed by atoms with Crippen molar-refractivity contribution >= 4 is 11.3 Å². The van der Waals surface area contributed by atoms with E-state index in [9.17, 15) is 0 Å². The molecule has 5 heteroatoms. The quantitative estimate of drug-likeness (QED) is 0.785. The number of hydrogen-bond donors (Lipinski definition) is 1. The van der Waals surface area contributed by atoms with Crippen molar-refractivity contribution in [2.75, 3.05) is 40.0 Å². The number of aromatic nitrogens is 1. The van der Waals surface area contributed by atoms with Crippen molar-refractivity contribution in [2.45, 2.75) is 33.1 Å². The fraction of sp³-hybridized carbons (Fsp3) is 0.800. The van der Waals surface area contributed by atoms with E-state index < -0.39 is 0 Å². The van der Waals surface area contributed by atoms with Crippen LogP contribution in [0.25, 0.3) is 0 Å². The normalized spacial score (nSPS) is 18.4. The second-order valence-electron chi connectivity index (χ2n) is 5.71. The number of thiazole rings is 1. The highest BCUT2D eigenvalue weighted by Crippen LogP contribution is 2.35. The first kappa shape index (κ1) is 15.9. The third kappa shape index (κ3) is 4.25. The van der Waals surface area contributed by atoms with E-state index in [1.807, 2.05) is 11.3 Å². The largest absolute Gasteiger partial charge is 0.383 e. The molecule has 1 saturated heterocycles. The molecule has 0 saturated carbocycles. The summed E-state index contributed by atoms with van der Waals surface area (Å²) in [4.78, 5) is 6.06. The van der Waals surface area contributed by atoms with Crippen LogP contribution in [-0.4, -0.2) is 45.0 Å². The second kappa shape index (κ2) is 7.50. The van der Waals surface area contributed by atoms with E-state index >= 15 is 0 Å². The lowest BCUT2D eigenvalue weighted by Crippen LogP contribution is -2.41. The van der Waals surface area contributed by atoms with Gasteiger partial charge in [-0.25, -0.2) is 4.98 Å². The highest BCUT2D eigenvalue weighted by atomic mass is 32.1. The van der Waals surface area contributed by atoms with Gasteiger partial charge in [-0.15, -0.1) is 11.3 Å².